The van der Waals surface area contributed by atoms with Gasteiger partial charge in [0.1, 0.15) is 0 Å². The lowest BCUT2D eigenvalue weighted by Gasteiger charge is -2.27. The molecule has 1 atom stereocenters. The van der Waals surface area contributed by atoms with Crippen LogP contribution in [0.1, 0.15) is 37.6 Å². The Hall–Kier alpha value is -2.84. The van der Waals surface area contributed by atoms with E-state index in [1.54, 1.807) is 49.4 Å². The van der Waals surface area contributed by atoms with Crippen molar-refractivity contribution in [2.24, 2.45) is 0 Å². The number of aliphatic hydroxyl groups excluding tert-OH is 1. The van der Waals surface area contributed by atoms with Gasteiger partial charge in [-0.25, -0.2) is 8.42 Å². The molecule has 30 heavy (non-hydrogen) atoms. The summed E-state index contributed by atoms with van der Waals surface area (Å²) >= 11 is 0. The first-order valence-electron chi connectivity index (χ1n) is 9.86. The molecule has 3 N–H and O–H groups in total. The fourth-order valence-electron chi connectivity index (χ4n) is 3.11. The van der Waals surface area contributed by atoms with E-state index in [1.165, 1.54) is 0 Å². The number of aromatic nitrogens is 1. The number of nitrogens with zero attached hydrogens (tertiary/aromatic N) is 1. The number of aryl methyl sites for hydroxylation is 1. The highest BCUT2D eigenvalue weighted by Gasteiger charge is 2.24. The molecule has 160 valence electrons. The van der Waals surface area contributed by atoms with E-state index in [-0.39, 0.29) is 17.4 Å². The molecule has 0 saturated carbocycles. The molecule has 3 aromatic rings. The fourth-order valence-corrected chi connectivity index (χ4v) is 4.20. The summed E-state index contributed by atoms with van der Waals surface area (Å²) in [6, 6.07) is 13.1. The number of carbonyl (C=O) groups is 1. The monoisotopic (exact) mass is 429 g/mol. The van der Waals surface area contributed by atoms with Crippen molar-refractivity contribution in [3.8, 4) is 0 Å². The largest absolute Gasteiger partial charge is 0.394 e. The predicted octanol–water partition coefficient (Wildman–Crippen LogP) is 3.35. The van der Waals surface area contributed by atoms with Gasteiger partial charge in [-0.2, -0.15) is 0 Å². The van der Waals surface area contributed by atoms with Crippen LogP contribution in [0, 0.1) is 0 Å². The van der Waals surface area contributed by atoms with Gasteiger partial charge in [0.05, 0.1) is 17.0 Å². The predicted molar refractivity (Wildman–Crippen MR) is 118 cm³/mol. The normalized spacial score (nSPS) is 13.7. The third-order valence-electron chi connectivity index (χ3n) is 5.34. The van der Waals surface area contributed by atoms with Gasteiger partial charge in [-0.05, 0) is 68.8 Å². The Kier molecular flexibility index (Phi) is 6.19. The van der Waals surface area contributed by atoms with E-state index >= 15 is 0 Å². The van der Waals surface area contributed by atoms with Crippen LogP contribution in [0.3, 0.4) is 0 Å². The van der Waals surface area contributed by atoms with Crippen molar-refractivity contribution < 1.29 is 18.3 Å². The van der Waals surface area contributed by atoms with Gasteiger partial charge in [0.25, 0.3) is 15.9 Å². The molecule has 1 heterocycles. The molecule has 1 unspecified atom stereocenters. The maximum Gasteiger partial charge on any atom is 0.261 e. The highest BCUT2D eigenvalue weighted by atomic mass is 32.2. The van der Waals surface area contributed by atoms with Crippen LogP contribution in [0.4, 0.5) is 5.69 Å². The van der Waals surface area contributed by atoms with Gasteiger partial charge < -0.3 is 15.0 Å². The van der Waals surface area contributed by atoms with Crippen molar-refractivity contribution in [2.45, 2.75) is 44.2 Å². The van der Waals surface area contributed by atoms with Crippen LogP contribution in [0.2, 0.25) is 0 Å². The van der Waals surface area contributed by atoms with Crippen LogP contribution in [0.15, 0.2) is 59.6 Å². The van der Waals surface area contributed by atoms with Gasteiger partial charge in [-0.1, -0.05) is 6.92 Å². The molecule has 1 aromatic heterocycles. The van der Waals surface area contributed by atoms with Gasteiger partial charge >= 0.3 is 0 Å². The van der Waals surface area contributed by atoms with E-state index in [0.717, 1.165) is 17.4 Å². The third-order valence-corrected chi connectivity index (χ3v) is 6.72. The molecule has 0 aliphatic rings. The Labute approximate surface area is 176 Å². The third kappa shape index (κ3) is 4.49. The summed E-state index contributed by atoms with van der Waals surface area (Å²) in [7, 11) is -3.76. The van der Waals surface area contributed by atoms with Crippen molar-refractivity contribution in [3.05, 3.63) is 60.3 Å². The van der Waals surface area contributed by atoms with Gasteiger partial charge in [-0.15, -0.1) is 0 Å². The van der Waals surface area contributed by atoms with Crippen molar-refractivity contribution in [1.29, 1.82) is 0 Å². The van der Waals surface area contributed by atoms with Crippen LogP contribution >= 0.6 is 0 Å². The molecule has 0 radical (unpaired) electrons. The molecule has 0 aliphatic carbocycles. The highest BCUT2D eigenvalue weighted by molar-refractivity contribution is 7.92. The number of anilines is 1. The summed E-state index contributed by atoms with van der Waals surface area (Å²) in [6.07, 6.45) is 2.51. The molecular formula is C22H27N3O4S. The second-order valence-electron chi connectivity index (χ2n) is 7.53. The van der Waals surface area contributed by atoms with Gasteiger partial charge in [-0.3, -0.25) is 9.52 Å². The van der Waals surface area contributed by atoms with Crippen molar-refractivity contribution in [1.82, 2.24) is 9.88 Å². The number of sulfonamides is 1. The number of aliphatic hydroxyl groups is 1. The Morgan fingerprint density at radius 2 is 1.80 bits per heavy atom. The number of amides is 1. The number of hydrogen-bond acceptors (Lipinski definition) is 4. The molecule has 7 nitrogen and oxygen atoms in total. The average Bonchev–Trinajstić information content (AvgIpc) is 3.16. The first kappa shape index (κ1) is 21.9. The van der Waals surface area contributed by atoms with Crippen LogP contribution in [0.5, 0.6) is 0 Å². The van der Waals surface area contributed by atoms with Crippen LogP contribution in [-0.2, 0) is 16.6 Å². The summed E-state index contributed by atoms with van der Waals surface area (Å²) in [5, 5.41) is 13.1. The first-order valence-corrected chi connectivity index (χ1v) is 11.3. The van der Waals surface area contributed by atoms with Crippen LogP contribution in [0.25, 0.3) is 10.9 Å². The topological polar surface area (TPSA) is 100 Å². The van der Waals surface area contributed by atoms with Gasteiger partial charge in [0, 0.05) is 34.9 Å². The molecule has 1 amide bonds. The minimum Gasteiger partial charge on any atom is -0.394 e. The highest BCUT2D eigenvalue weighted by Crippen LogP contribution is 2.23. The molecule has 0 bridgehead atoms. The Morgan fingerprint density at radius 3 is 2.40 bits per heavy atom. The van der Waals surface area contributed by atoms with Gasteiger partial charge in [0.2, 0.25) is 0 Å². The number of benzene rings is 2. The maximum absolute atomic E-state index is 12.8. The zero-order valence-electron chi connectivity index (χ0n) is 17.3. The van der Waals surface area contributed by atoms with E-state index in [4.69, 9.17) is 0 Å². The summed E-state index contributed by atoms with van der Waals surface area (Å²) in [5.74, 6) is -0.325. The molecule has 0 spiro atoms. The summed E-state index contributed by atoms with van der Waals surface area (Å²) in [5.41, 5.74) is 1.02. The standard InChI is InChI=1S/C22H27N3O4S/c1-4-22(3,15-26)23-21(27)16-6-8-18(9-7-16)24-30(28,29)19-10-11-20-17(14-19)12-13-25(20)5-2/h6-14,24,26H,4-5,15H2,1-3H3,(H,23,27). The Bertz CT molecular complexity index is 1150. The Balaban J connectivity index is 1.76. The molecule has 0 fully saturated rings. The first-order chi connectivity index (χ1) is 14.2. The van der Waals surface area contributed by atoms with E-state index in [0.29, 0.717) is 17.7 Å². The number of carbonyl (C=O) groups excluding carboxylic acids is 1. The van der Waals surface area contributed by atoms with E-state index in [9.17, 15) is 18.3 Å². The van der Waals surface area contributed by atoms with Crippen molar-refractivity contribution in [3.63, 3.8) is 0 Å². The maximum atomic E-state index is 12.8. The SMILES string of the molecule is CCn1ccc2cc(S(=O)(=O)Nc3ccc(C(=O)NC(C)(CC)CO)cc3)ccc21. The second-order valence-corrected chi connectivity index (χ2v) is 9.21. The quantitative estimate of drug-likeness (QED) is 0.511. The zero-order chi connectivity index (χ0) is 21.9. The minimum absolute atomic E-state index is 0.168. The van der Waals surface area contributed by atoms with E-state index in [1.807, 2.05) is 30.7 Å². The number of rotatable bonds is 8. The van der Waals surface area contributed by atoms with Crippen LogP contribution < -0.4 is 10.0 Å². The van der Waals surface area contributed by atoms with Gasteiger partial charge in [0.15, 0.2) is 0 Å². The number of fused-ring (bicyclic) bond motifs is 1. The summed E-state index contributed by atoms with van der Waals surface area (Å²) in [4.78, 5) is 12.6. The fraction of sp³-hybridized carbons (Fsp3) is 0.318. The number of nitrogens with one attached hydrogen (secondary N) is 2. The molecule has 0 aliphatic heterocycles. The summed E-state index contributed by atoms with van der Waals surface area (Å²) in [6.45, 7) is 6.31. The van der Waals surface area contributed by atoms with Crippen molar-refractivity contribution in [2.75, 3.05) is 11.3 Å². The zero-order valence-corrected chi connectivity index (χ0v) is 18.2. The Morgan fingerprint density at radius 1 is 1.10 bits per heavy atom. The van der Waals surface area contributed by atoms with E-state index < -0.39 is 15.6 Å². The molecule has 2 aromatic carbocycles. The average molecular weight is 430 g/mol. The lowest BCUT2D eigenvalue weighted by atomic mass is 9.99. The van der Waals surface area contributed by atoms with Crippen molar-refractivity contribution >= 4 is 32.5 Å². The minimum atomic E-state index is -3.76. The molecular weight excluding hydrogens is 402 g/mol. The van der Waals surface area contributed by atoms with Crippen LogP contribution in [-0.4, -0.2) is 36.1 Å². The second kappa shape index (κ2) is 8.49. The van der Waals surface area contributed by atoms with E-state index in [2.05, 4.69) is 10.0 Å². The lowest BCUT2D eigenvalue weighted by Crippen LogP contribution is -2.48. The molecule has 0 saturated heterocycles. The lowest BCUT2D eigenvalue weighted by molar-refractivity contribution is 0.0847. The summed E-state index contributed by atoms with van der Waals surface area (Å²) < 4.78 is 30.2. The number of hydrogen-bond donors (Lipinski definition) is 3. The smallest absolute Gasteiger partial charge is 0.261 e. The molecule has 3 rings (SSSR count). The molecule has 8 heteroatoms.